The number of benzene rings is 1. The van der Waals surface area contributed by atoms with Crippen LogP contribution in [0.5, 0.6) is 0 Å². The van der Waals surface area contributed by atoms with E-state index < -0.39 is 24.1 Å². The van der Waals surface area contributed by atoms with Crippen LogP contribution in [0.1, 0.15) is 36.8 Å². The SMILES string of the molecule is O=C1NCCC1C[C@H](NC(=O)[C@@H]1Cc2ccccc2CN1)C(O)C(=O)NC1CC1. The molecular weight excluding hydrogens is 372 g/mol. The number of rotatable bonds is 7. The van der Waals surface area contributed by atoms with Crippen LogP contribution in [-0.2, 0) is 27.3 Å². The number of carbonyl (C=O) groups excluding carboxylic acids is 3. The van der Waals surface area contributed by atoms with Crippen LogP contribution in [0.25, 0.3) is 0 Å². The minimum atomic E-state index is -1.39. The summed E-state index contributed by atoms with van der Waals surface area (Å²) in [6.45, 7) is 1.17. The molecule has 29 heavy (non-hydrogen) atoms. The molecule has 8 heteroatoms. The fraction of sp³-hybridized carbons (Fsp3) is 0.571. The van der Waals surface area contributed by atoms with E-state index in [2.05, 4.69) is 21.3 Å². The molecular formula is C21H28N4O4. The number of hydrogen-bond donors (Lipinski definition) is 5. The Morgan fingerprint density at radius 1 is 1.17 bits per heavy atom. The molecule has 8 nitrogen and oxygen atoms in total. The molecule has 4 rings (SSSR count). The third-order valence-corrected chi connectivity index (χ3v) is 6.00. The van der Waals surface area contributed by atoms with Crippen molar-refractivity contribution in [2.75, 3.05) is 6.54 Å². The molecule has 1 saturated carbocycles. The van der Waals surface area contributed by atoms with E-state index in [1.807, 2.05) is 24.3 Å². The minimum absolute atomic E-state index is 0.0937. The third kappa shape index (κ3) is 4.76. The molecule has 1 aliphatic carbocycles. The molecule has 5 N–H and O–H groups in total. The van der Waals surface area contributed by atoms with Crippen molar-refractivity contribution in [1.29, 1.82) is 0 Å². The zero-order chi connectivity index (χ0) is 20.4. The quantitative estimate of drug-likeness (QED) is 0.417. The highest BCUT2D eigenvalue weighted by Crippen LogP contribution is 2.22. The van der Waals surface area contributed by atoms with Gasteiger partial charge in [0.05, 0.1) is 12.1 Å². The Labute approximate surface area is 169 Å². The van der Waals surface area contributed by atoms with Gasteiger partial charge in [-0.3, -0.25) is 14.4 Å². The van der Waals surface area contributed by atoms with Gasteiger partial charge in [-0.1, -0.05) is 24.3 Å². The standard InChI is InChI=1S/C21H28N4O4/c26-18(21(29)24-15-5-6-15)16(10-13-7-8-22-19(13)27)25-20(28)17-9-12-3-1-2-4-14(12)11-23-17/h1-4,13,15-18,23,26H,5-11H2,(H,22,27)(H,24,29)(H,25,28)/t13?,16-,17-,18?/m0/s1. The molecule has 3 amide bonds. The van der Waals surface area contributed by atoms with Crippen LogP contribution in [0.4, 0.5) is 0 Å². The normalized spacial score (nSPS) is 25.5. The van der Waals surface area contributed by atoms with Crippen molar-refractivity contribution >= 4 is 17.7 Å². The van der Waals surface area contributed by atoms with Gasteiger partial charge in [0.25, 0.3) is 5.91 Å². The molecule has 1 saturated heterocycles. The first-order valence-corrected chi connectivity index (χ1v) is 10.4. The van der Waals surface area contributed by atoms with Gasteiger partial charge in [0.1, 0.15) is 0 Å². The van der Waals surface area contributed by atoms with Gasteiger partial charge in [0.15, 0.2) is 6.10 Å². The van der Waals surface area contributed by atoms with E-state index in [9.17, 15) is 19.5 Å². The van der Waals surface area contributed by atoms with Crippen molar-refractivity contribution in [3.8, 4) is 0 Å². The van der Waals surface area contributed by atoms with Crippen molar-refractivity contribution in [3.05, 3.63) is 35.4 Å². The molecule has 3 aliphatic rings. The molecule has 2 unspecified atom stereocenters. The maximum Gasteiger partial charge on any atom is 0.251 e. The van der Waals surface area contributed by atoms with E-state index in [4.69, 9.17) is 0 Å². The predicted octanol–water partition coefficient (Wildman–Crippen LogP) is -0.649. The van der Waals surface area contributed by atoms with Crippen molar-refractivity contribution in [2.24, 2.45) is 5.92 Å². The highest BCUT2D eigenvalue weighted by molar-refractivity contribution is 5.86. The van der Waals surface area contributed by atoms with E-state index in [-0.39, 0.29) is 30.2 Å². The van der Waals surface area contributed by atoms with Gasteiger partial charge in [-0.25, -0.2) is 0 Å². The number of hydrogen-bond acceptors (Lipinski definition) is 5. The third-order valence-electron chi connectivity index (χ3n) is 6.00. The molecule has 0 spiro atoms. The van der Waals surface area contributed by atoms with Gasteiger partial charge in [0.2, 0.25) is 11.8 Å². The summed E-state index contributed by atoms with van der Waals surface area (Å²) >= 11 is 0. The summed E-state index contributed by atoms with van der Waals surface area (Å²) in [5.41, 5.74) is 2.28. The summed E-state index contributed by atoms with van der Waals surface area (Å²) in [5.74, 6) is -1.16. The lowest BCUT2D eigenvalue weighted by molar-refractivity contribution is -0.134. The molecule has 1 aromatic carbocycles. The smallest absolute Gasteiger partial charge is 0.251 e. The van der Waals surface area contributed by atoms with Crippen LogP contribution in [0.2, 0.25) is 0 Å². The number of aliphatic hydroxyl groups is 1. The summed E-state index contributed by atoms with van der Waals surface area (Å²) in [6, 6.07) is 6.82. The van der Waals surface area contributed by atoms with Gasteiger partial charge in [-0.05, 0) is 43.2 Å². The van der Waals surface area contributed by atoms with E-state index in [0.29, 0.717) is 25.9 Å². The van der Waals surface area contributed by atoms with Crippen LogP contribution in [0.3, 0.4) is 0 Å². The summed E-state index contributed by atoms with van der Waals surface area (Å²) in [6.07, 6.45) is 1.85. The van der Waals surface area contributed by atoms with Gasteiger partial charge in [0, 0.05) is 25.0 Å². The fourth-order valence-corrected chi connectivity index (χ4v) is 4.06. The van der Waals surface area contributed by atoms with Crippen molar-refractivity contribution < 1.29 is 19.5 Å². The molecule has 0 radical (unpaired) electrons. The summed E-state index contributed by atoms with van der Waals surface area (Å²) in [4.78, 5) is 37.3. The Kier molecular flexibility index (Phi) is 5.82. The van der Waals surface area contributed by atoms with E-state index in [1.165, 1.54) is 5.56 Å². The zero-order valence-electron chi connectivity index (χ0n) is 16.3. The summed E-state index contributed by atoms with van der Waals surface area (Å²) in [5, 5.41) is 22.2. The second-order valence-electron chi connectivity index (χ2n) is 8.26. The molecule has 1 aromatic rings. The average Bonchev–Trinajstić information content (AvgIpc) is 3.46. The Hall–Kier alpha value is -2.45. The molecule has 2 aliphatic heterocycles. The molecule has 2 heterocycles. The van der Waals surface area contributed by atoms with Gasteiger partial charge < -0.3 is 26.4 Å². The predicted molar refractivity (Wildman–Crippen MR) is 106 cm³/mol. The highest BCUT2D eigenvalue weighted by Gasteiger charge is 2.37. The van der Waals surface area contributed by atoms with Gasteiger partial charge in [-0.15, -0.1) is 0 Å². The largest absolute Gasteiger partial charge is 0.381 e. The summed E-state index contributed by atoms with van der Waals surface area (Å²) in [7, 11) is 0. The number of amides is 3. The monoisotopic (exact) mass is 400 g/mol. The van der Waals surface area contributed by atoms with Crippen molar-refractivity contribution in [1.82, 2.24) is 21.3 Å². The van der Waals surface area contributed by atoms with E-state index in [0.717, 1.165) is 18.4 Å². The second kappa shape index (κ2) is 8.51. The lowest BCUT2D eigenvalue weighted by Crippen LogP contribution is -2.56. The Morgan fingerprint density at radius 2 is 1.93 bits per heavy atom. The van der Waals surface area contributed by atoms with Crippen LogP contribution in [-0.4, -0.2) is 53.6 Å². The molecule has 156 valence electrons. The maximum atomic E-state index is 12.9. The first kappa shape index (κ1) is 19.8. The van der Waals surface area contributed by atoms with Gasteiger partial charge >= 0.3 is 0 Å². The minimum Gasteiger partial charge on any atom is -0.381 e. The highest BCUT2D eigenvalue weighted by atomic mass is 16.3. The number of fused-ring (bicyclic) bond motifs is 1. The molecule has 4 atom stereocenters. The Bertz CT molecular complexity index is 795. The van der Waals surface area contributed by atoms with Crippen LogP contribution >= 0.6 is 0 Å². The average molecular weight is 400 g/mol. The molecule has 0 bridgehead atoms. The van der Waals surface area contributed by atoms with Crippen molar-refractivity contribution in [2.45, 2.75) is 62.9 Å². The lowest BCUT2D eigenvalue weighted by Gasteiger charge is -2.30. The van der Waals surface area contributed by atoms with Crippen molar-refractivity contribution in [3.63, 3.8) is 0 Å². The Balaban J connectivity index is 1.43. The first-order chi connectivity index (χ1) is 14.0. The van der Waals surface area contributed by atoms with Crippen LogP contribution in [0, 0.1) is 5.92 Å². The topological polar surface area (TPSA) is 120 Å². The van der Waals surface area contributed by atoms with Crippen LogP contribution < -0.4 is 21.3 Å². The molecule has 0 aromatic heterocycles. The maximum absolute atomic E-state index is 12.9. The lowest BCUT2D eigenvalue weighted by atomic mass is 9.92. The Morgan fingerprint density at radius 3 is 2.62 bits per heavy atom. The zero-order valence-corrected chi connectivity index (χ0v) is 16.3. The van der Waals surface area contributed by atoms with E-state index in [1.54, 1.807) is 0 Å². The first-order valence-electron chi connectivity index (χ1n) is 10.4. The number of aliphatic hydroxyl groups excluding tert-OH is 1. The fourth-order valence-electron chi connectivity index (χ4n) is 4.06. The summed E-state index contributed by atoms with van der Waals surface area (Å²) < 4.78 is 0. The second-order valence-corrected chi connectivity index (χ2v) is 8.26. The van der Waals surface area contributed by atoms with E-state index >= 15 is 0 Å². The number of nitrogens with one attached hydrogen (secondary N) is 4. The van der Waals surface area contributed by atoms with Gasteiger partial charge in [-0.2, -0.15) is 0 Å². The number of carbonyl (C=O) groups is 3. The molecule has 2 fully saturated rings. The van der Waals surface area contributed by atoms with Crippen LogP contribution in [0.15, 0.2) is 24.3 Å².